The number of ether oxygens (including phenoxy) is 1. The standard InChI is InChI=1S/C14H27NO4S/c1-3-13-10-14(16,6-8-19-13)9-12-5-4-7-15(11-12)20(2,17)18/h12-13,16H,3-11H2,1-2H3. The summed E-state index contributed by atoms with van der Waals surface area (Å²) in [6.45, 7) is 3.85. The molecular weight excluding hydrogens is 278 g/mol. The van der Waals surface area contributed by atoms with Crippen molar-refractivity contribution in [2.45, 2.75) is 57.2 Å². The summed E-state index contributed by atoms with van der Waals surface area (Å²) in [6.07, 6.45) is 6.27. The van der Waals surface area contributed by atoms with E-state index in [9.17, 15) is 13.5 Å². The van der Waals surface area contributed by atoms with E-state index in [-0.39, 0.29) is 12.0 Å². The summed E-state index contributed by atoms with van der Waals surface area (Å²) in [5.74, 6) is 0.263. The molecule has 2 aliphatic heterocycles. The number of hydrogen-bond acceptors (Lipinski definition) is 4. The molecular formula is C14H27NO4S. The van der Waals surface area contributed by atoms with Crippen molar-refractivity contribution in [1.82, 2.24) is 4.31 Å². The molecule has 0 spiro atoms. The lowest BCUT2D eigenvalue weighted by Crippen LogP contribution is -2.46. The van der Waals surface area contributed by atoms with Crippen molar-refractivity contribution in [3.05, 3.63) is 0 Å². The Morgan fingerprint density at radius 3 is 2.85 bits per heavy atom. The second-order valence-corrected chi connectivity index (χ2v) is 8.40. The lowest BCUT2D eigenvalue weighted by atomic mass is 9.79. The predicted molar refractivity (Wildman–Crippen MR) is 78.0 cm³/mol. The molecule has 0 aliphatic carbocycles. The summed E-state index contributed by atoms with van der Waals surface area (Å²) in [5, 5.41) is 10.8. The Balaban J connectivity index is 1.95. The molecule has 0 aromatic heterocycles. The van der Waals surface area contributed by atoms with Gasteiger partial charge in [-0.05, 0) is 38.0 Å². The maximum Gasteiger partial charge on any atom is 0.211 e. The third-order valence-corrected chi connectivity index (χ3v) is 5.87. The van der Waals surface area contributed by atoms with Crippen LogP contribution in [0.1, 0.15) is 45.4 Å². The number of hydrogen-bond donors (Lipinski definition) is 1. The van der Waals surface area contributed by atoms with Gasteiger partial charge in [0.15, 0.2) is 0 Å². The Kier molecular flexibility index (Phi) is 5.10. The minimum absolute atomic E-state index is 0.142. The molecule has 2 saturated heterocycles. The molecule has 0 radical (unpaired) electrons. The Morgan fingerprint density at radius 1 is 1.45 bits per heavy atom. The molecule has 0 amide bonds. The molecule has 118 valence electrons. The van der Waals surface area contributed by atoms with E-state index in [2.05, 4.69) is 6.92 Å². The fraction of sp³-hybridized carbons (Fsp3) is 1.00. The molecule has 1 N–H and O–H groups in total. The summed E-state index contributed by atoms with van der Waals surface area (Å²) in [5.41, 5.74) is -0.676. The van der Waals surface area contributed by atoms with Crippen molar-refractivity contribution < 1.29 is 18.3 Å². The van der Waals surface area contributed by atoms with E-state index in [1.165, 1.54) is 6.26 Å². The van der Waals surface area contributed by atoms with Gasteiger partial charge in [-0.1, -0.05) is 6.92 Å². The first-order valence-corrected chi connectivity index (χ1v) is 9.46. The summed E-state index contributed by atoms with van der Waals surface area (Å²) in [7, 11) is -3.11. The lowest BCUT2D eigenvalue weighted by molar-refractivity contribution is -0.115. The van der Waals surface area contributed by atoms with Crippen LogP contribution < -0.4 is 0 Å². The Labute approximate surface area is 122 Å². The van der Waals surface area contributed by atoms with Crippen LogP contribution in [-0.4, -0.2) is 55.5 Å². The normalized spacial score (nSPS) is 37.0. The quantitative estimate of drug-likeness (QED) is 0.852. The predicted octanol–water partition coefficient (Wildman–Crippen LogP) is 1.37. The van der Waals surface area contributed by atoms with Crippen molar-refractivity contribution >= 4 is 10.0 Å². The smallest absolute Gasteiger partial charge is 0.211 e. The molecule has 5 nitrogen and oxygen atoms in total. The second kappa shape index (κ2) is 6.30. The molecule has 20 heavy (non-hydrogen) atoms. The molecule has 0 aromatic rings. The second-order valence-electron chi connectivity index (χ2n) is 6.41. The zero-order valence-electron chi connectivity index (χ0n) is 12.5. The minimum Gasteiger partial charge on any atom is -0.390 e. The summed E-state index contributed by atoms with van der Waals surface area (Å²) < 4.78 is 30.5. The summed E-state index contributed by atoms with van der Waals surface area (Å²) >= 11 is 0. The number of piperidine rings is 1. The van der Waals surface area contributed by atoms with Gasteiger partial charge in [0, 0.05) is 26.1 Å². The SMILES string of the molecule is CCC1CC(O)(CC2CCCN(S(C)(=O)=O)C2)CCO1. The average Bonchev–Trinajstić information content (AvgIpc) is 2.37. The molecule has 6 heteroatoms. The Morgan fingerprint density at radius 2 is 2.20 bits per heavy atom. The molecule has 2 fully saturated rings. The first-order valence-electron chi connectivity index (χ1n) is 7.61. The average molecular weight is 305 g/mol. The molecule has 2 rings (SSSR count). The van der Waals surface area contributed by atoms with Crippen LogP contribution in [0.3, 0.4) is 0 Å². The molecule has 0 bridgehead atoms. The van der Waals surface area contributed by atoms with Gasteiger partial charge < -0.3 is 9.84 Å². The van der Waals surface area contributed by atoms with Gasteiger partial charge in [-0.25, -0.2) is 12.7 Å². The van der Waals surface area contributed by atoms with E-state index in [1.807, 2.05) is 0 Å². The maximum atomic E-state index is 11.6. The fourth-order valence-electron chi connectivity index (χ4n) is 3.48. The number of rotatable bonds is 4. The van der Waals surface area contributed by atoms with Crippen LogP contribution in [0.15, 0.2) is 0 Å². The van der Waals surface area contributed by atoms with Crippen LogP contribution in [0, 0.1) is 5.92 Å². The first-order chi connectivity index (χ1) is 9.32. The number of sulfonamides is 1. The van der Waals surface area contributed by atoms with E-state index in [1.54, 1.807) is 4.31 Å². The van der Waals surface area contributed by atoms with Crippen LogP contribution in [0.5, 0.6) is 0 Å². The summed E-state index contributed by atoms with van der Waals surface area (Å²) in [6, 6.07) is 0. The zero-order valence-corrected chi connectivity index (χ0v) is 13.4. The van der Waals surface area contributed by atoms with Gasteiger partial charge in [0.2, 0.25) is 10.0 Å². The molecule has 0 aromatic carbocycles. The van der Waals surface area contributed by atoms with Gasteiger partial charge in [-0.15, -0.1) is 0 Å². The van der Waals surface area contributed by atoms with Crippen molar-refractivity contribution in [3.8, 4) is 0 Å². The highest BCUT2D eigenvalue weighted by molar-refractivity contribution is 7.88. The largest absolute Gasteiger partial charge is 0.390 e. The van der Waals surface area contributed by atoms with E-state index in [0.29, 0.717) is 39.0 Å². The van der Waals surface area contributed by atoms with E-state index in [0.717, 1.165) is 19.3 Å². The van der Waals surface area contributed by atoms with Gasteiger partial charge in [-0.2, -0.15) is 0 Å². The molecule has 2 heterocycles. The third-order valence-electron chi connectivity index (χ3n) is 4.60. The van der Waals surface area contributed by atoms with Crippen LogP contribution >= 0.6 is 0 Å². The highest BCUT2D eigenvalue weighted by Gasteiger charge is 2.38. The number of aliphatic hydroxyl groups is 1. The minimum atomic E-state index is -3.11. The van der Waals surface area contributed by atoms with Crippen LogP contribution in [0.25, 0.3) is 0 Å². The summed E-state index contributed by atoms with van der Waals surface area (Å²) in [4.78, 5) is 0. The lowest BCUT2D eigenvalue weighted by Gasteiger charge is -2.41. The van der Waals surface area contributed by atoms with E-state index < -0.39 is 15.6 Å². The van der Waals surface area contributed by atoms with Crippen molar-refractivity contribution in [2.75, 3.05) is 26.0 Å². The maximum absolute atomic E-state index is 11.6. The highest BCUT2D eigenvalue weighted by Crippen LogP contribution is 2.35. The first kappa shape index (κ1) is 16.2. The van der Waals surface area contributed by atoms with Gasteiger partial charge in [0.25, 0.3) is 0 Å². The molecule has 0 saturated carbocycles. The fourth-order valence-corrected chi connectivity index (χ4v) is 4.42. The van der Waals surface area contributed by atoms with Crippen LogP contribution in [-0.2, 0) is 14.8 Å². The van der Waals surface area contributed by atoms with Gasteiger partial charge in [0.05, 0.1) is 18.0 Å². The highest BCUT2D eigenvalue weighted by atomic mass is 32.2. The topological polar surface area (TPSA) is 66.8 Å². The van der Waals surface area contributed by atoms with E-state index in [4.69, 9.17) is 4.74 Å². The third kappa shape index (κ3) is 4.16. The molecule has 3 atom stereocenters. The van der Waals surface area contributed by atoms with Crippen molar-refractivity contribution in [2.24, 2.45) is 5.92 Å². The Bertz CT molecular complexity index is 425. The van der Waals surface area contributed by atoms with Gasteiger partial charge in [0.1, 0.15) is 0 Å². The van der Waals surface area contributed by atoms with Gasteiger partial charge >= 0.3 is 0 Å². The molecule has 3 unspecified atom stereocenters. The van der Waals surface area contributed by atoms with Crippen molar-refractivity contribution in [3.63, 3.8) is 0 Å². The monoisotopic (exact) mass is 305 g/mol. The van der Waals surface area contributed by atoms with Crippen LogP contribution in [0.4, 0.5) is 0 Å². The Hall–Kier alpha value is -0.170. The number of nitrogens with zero attached hydrogens (tertiary/aromatic N) is 1. The molecule has 2 aliphatic rings. The van der Waals surface area contributed by atoms with E-state index >= 15 is 0 Å². The van der Waals surface area contributed by atoms with Gasteiger partial charge in [-0.3, -0.25) is 0 Å². The van der Waals surface area contributed by atoms with Crippen LogP contribution in [0.2, 0.25) is 0 Å². The van der Waals surface area contributed by atoms with Crippen molar-refractivity contribution in [1.29, 1.82) is 0 Å². The zero-order chi connectivity index (χ0) is 14.8.